The van der Waals surface area contributed by atoms with Crippen molar-refractivity contribution in [3.63, 3.8) is 0 Å². The molecular formula is C16H10BrClN2O4. The van der Waals surface area contributed by atoms with E-state index < -0.39 is 17.8 Å². The maximum Gasteiger partial charge on any atom is 0.331 e. The van der Waals surface area contributed by atoms with Crippen LogP contribution in [-0.2, 0) is 9.59 Å². The Balaban J connectivity index is 1.93. The number of barbiturate groups is 1. The van der Waals surface area contributed by atoms with Crippen molar-refractivity contribution < 1.29 is 18.8 Å². The molecule has 2 heterocycles. The van der Waals surface area contributed by atoms with E-state index in [2.05, 4.69) is 21.2 Å². The standard InChI is InChI=1S/C16H10BrClN2O4/c1-20-15(22)10(14(21)19-16(20)23)7-9-3-5-13(24-9)8-2-4-11(17)12(18)6-8/h2-7H,1H3,(H,19,21,23)/b10-7+. The van der Waals surface area contributed by atoms with Gasteiger partial charge in [-0.15, -0.1) is 0 Å². The van der Waals surface area contributed by atoms with E-state index in [1.165, 1.54) is 13.1 Å². The number of likely N-dealkylation sites (N-methyl/N-ethyl adjacent to an activating group) is 1. The van der Waals surface area contributed by atoms with Gasteiger partial charge in [0.05, 0.1) is 5.02 Å². The number of hydrogen-bond donors (Lipinski definition) is 1. The number of carbonyl (C=O) groups is 3. The first-order valence-electron chi connectivity index (χ1n) is 6.77. The smallest absolute Gasteiger partial charge is 0.331 e. The Bertz CT molecular complexity index is 903. The molecule has 0 unspecified atom stereocenters. The molecule has 1 saturated heterocycles. The van der Waals surface area contributed by atoms with Gasteiger partial charge in [0, 0.05) is 17.1 Å². The van der Waals surface area contributed by atoms with Gasteiger partial charge in [-0.3, -0.25) is 19.8 Å². The van der Waals surface area contributed by atoms with Gasteiger partial charge in [-0.05, 0) is 46.3 Å². The van der Waals surface area contributed by atoms with Crippen molar-refractivity contribution in [1.82, 2.24) is 10.2 Å². The van der Waals surface area contributed by atoms with Gasteiger partial charge in [-0.2, -0.15) is 0 Å². The first-order valence-corrected chi connectivity index (χ1v) is 7.94. The molecule has 0 radical (unpaired) electrons. The van der Waals surface area contributed by atoms with E-state index in [-0.39, 0.29) is 5.57 Å². The van der Waals surface area contributed by atoms with Crippen LogP contribution in [0.25, 0.3) is 17.4 Å². The molecule has 1 aromatic carbocycles. The van der Waals surface area contributed by atoms with Gasteiger partial charge in [-0.1, -0.05) is 17.7 Å². The topological polar surface area (TPSA) is 79.6 Å². The fraction of sp³-hybridized carbons (Fsp3) is 0.0625. The fourth-order valence-electron chi connectivity index (χ4n) is 2.12. The fourth-order valence-corrected chi connectivity index (χ4v) is 2.55. The summed E-state index contributed by atoms with van der Waals surface area (Å²) in [5, 5.41) is 2.61. The van der Waals surface area contributed by atoms with Gasteiger partial charge in [0.25, 0.3) is 11.8 Å². The average molecular weight is 410 g/mol. The quantitative estimate of drug-likeness (QED) is 0.608. The Morgan fingerprint density at radius 3 is 2.67 bits per heavy atom. The molecule has 1 fully saturated rings. The average Bonchev–Trinajstić information content (AvgIpc) is 3.01. The number of nitrogens with one attached hydrogen (secondary N) is 1. The Kier molecular flexibility index (Phi) is 4.29. The molecule has 1 aliphatic rings. The van der Waals surface area contributed by atoms with Crippen molar-refractivity contribution in [2.24, 2.45) is 0 Å². The summed E-state index contributed by atoms with van der Waals surface area (Å²) in [6.45, 7) is 0. The molecule has 0 atom stereocenters. The third kappa shape index (κ3) is 3.00. The summed E-state index contributed by atoms with van der Waals surface area (Å²) in [4.78, 5) is 36.0. The lowest BCUT2D eigenvalue weighted by atomic mass is 10.1. The third-order valence-corrected chi connectivity index (χ3v) is 4.65. The largest absolute Gasteiger partial charge is 0.457 e. The molecule has 8 heteroatoms. The number of urea groups is 1. The van der Waals surface area contributed by atoms with E-state index in [0.29, 0.717) is 16.5 Å². The van der Waals surface area contributed by atoms with E-state index in [0.717, 1.165) is 14.9 Å². The van der Waals surface area contributed by atoms with E-state index in [1.54, 1.807) is 24.3 Å². The Morgan fingerprint density at radius 2 is 1.96 bits per heavy atom. The van der Waals surface area contributed by atoms with Crippen LogP contribution in [0.3, 0.4) is 0 Å². The minimum atomic E-state index is -0.758. The second-order valence-corrected chi connectivity index (χ2v) is 6.27. The number of furan rings is 1. The van der Waals surface area contributed by atoms with E-state index in [4.69, 9.17) is 16.0 Å². The number of hydrogen-bond acceptors (Lipinski definition) is 4. The zero-order valence-electron chi connectivity index (χ0n) is 12.3. The second kappa shape index (κ2) is 6.26. The molecule has 0 spiro atoms. The van der Waals surface area contributed by atoms with E-state index >= 15 is 0 Å². The number of rotatable bonds is 2. The maximum absolute atomic E-state index is 12.0. The molecule has 6 nitrogen and oxygen atoms in total. The molecule has 4 amide bonds. The van der Waals surface area contributed by atoms with Gasteiger partial charge in [0.2, 0.25) is 0 Å². The predicted molar refractivity (Wildman–Crippen MR) is 91.1 cm³/mol. The number of nitrogens with zero attached hydrogens (tertiary/aromatic N) is 1. The maximum atomic E-state index is 12.0. The van der Waals surface area contributed by atoms with Crippen molar-refractivity contribution >= 4 is 51.5 Å². The summed E-state index contributed by atoms with van der Waals surface area (Å²) in [6, 6.07) is 7.90. The molecule has 24 heavy (non-hydrogen) atoms. The van der Waals surface area contributed by atoms with Crippen molar-refractivity contribution in [1.29, 1.82) is 0 Å². The molecule has 0 bridgehead atoms. The highest BCUT2D eigenvalue weighted by Crippen LogP contribution is 2.30. The van der Waals surface area contributed by atoms with Gasteiger partial charge in [0.1, 0.15) is 17.1 Å². The molecular weight excluding hydrogens is 400 g/mol. The summed E-state index contributed by atoms with van der Waals surface area (Å²) >= 11 is 9.37. The Hall–Kier alpha value is -2.38. The molecule has 1 aromatic heterocycles. The first-order chi connectivity index (χ1) is 11.4. The van der Waals surface area contributed by atoms with E-state index in [9.17, 15) is 14.4 Å². The predicted octanol–water partition coefficient (Wildman–Crippen LogP) is 3.45. The molecule has 3 rings (SSSR count). The summed E-state index contributed by atoms with van der Waals surface area (Å²) in [5.74, 6) is -0.601. The summed E-state index contributed by atoms with van der Waals surface area (Å²) in [5.41, 5.74) is 0.575. The van der Waals surface area contributed by atoms with Crippen LogP contribution in [-0.4, -0.2) is 29.8 Å². The molecule has 122 valence electrons. The Morgan fingerprint density at radius 1 is 1.21 bits per heavy atom. The van der Waals surface area contributed by atoms with Gasteiger partial charge in [-0.25, -0.2) is 4.79 Å². The highest BCUT2D eigenvalue weighted by atomic mass is 79.9. The minimum absolute atomic E-state index is 0.174. The molecule has 1 N–H and O–H groups in total. The monoisotopic (exact) mass is 408 g/mol. The summed E-state index contributed by atoms with van der Waals surface area (Å²) in [6.07, 6.45) is 1.30. The molecule has 1 aliphatic heterocycles. The number of benzene rings is 1. The lowest BCUT2D eigenvalue weighted by Crippen LogP contribution is -2.52. The number of carbonyl (C=O) groups excluding carboxylic acids is 3. The van der Waals surface area contributed by atoms with Crippen LogP contribution in [0.15, 0.2) is 44.8 Å². The number of imide groups is 2. The highest BCUT2D eigenvalue weighted by Gasteiger charge is 2.33. The first kappa shape index (κ1) is 16.5. The second-order valence-electron chi connectivity index (χ2n) is 5.01. The number of halogens is 2. The van der Waals surface area contributed by atoms with Crippen LogP contribution >= 0.6 is 27.5 Å². The molecule has 0 aliphatic carbocycles. The summed E-state index contributed by atoms with van der Waals surface area (Å²) < 4.78 is 6.40. The highest BCUT2D eigenvalue weighted by molar-refractivity contribution is 9.10. The van der Waals surface area contributed by atoms with Crippen LogP contribution in [0, 0.1) is 0 Å². The van der Waals surface area contributed by atoms with Crippen molar-refractivity contribution in [3.05, 3.63) is 51.2 Å². The molecule has 2 aromatic rings. The van der Waals surface area contributed by atoms with Crippen LogP contribution in [0.2, 0.25) is 5.02 Å². The summed E-state index contributed by atoms with van der Waals surface area (Å²) in [7, 11) is 1.29. The Labute approximate surface area is 150 Å². The normalized spacial score (nSPS) is 16.7. The van der Waals surface area contributed by atoms with Crippen LogP contribution in [0.1, 0.15) is 5.76 Å². The van der Waals surface area contributed by atoms with Crippen LogP contribution in [0.4, 0.5) is 4.79 Å². The van der Waals surface area contributed by atoms with Gasteiger partial charge in [0.15, 0.2) is 0 Å². The van der Waals surface area contributed by atoms with Crippen molar-refractivity contribution in [3.8, 4) is 11.3 Å². The molecule has 0 saturated carbocycles. The van der Waals surface area contributed by atoms with Crippen molar-refractivity contribution in [2.45, 2.75) is 0 Å². The lowest BCUT2D eigenvalue weighted by molar-refractivity contribution is -0.129. The lowest BCUT2D eigenvalue weighted by Gasteiger charge is -2.21. The number of amides is 4. The van der Waals surface area contributed by atoms with E-state index in [1.807, 2.05) is 6.07 Å². The zero-order chi connectivity index (χ0) is 17.4. The third-order valence-electron chi connectivity index (χ3n) is 3.42. The minimum Gasteiger partial charge on any atom is -0.457 e. The SMILES string of the molecule is CN1C(=O)NC(=O)/C(=C\c2ccc(-c3ccc(Br)c(Cl)c3)o2)C1=O. The van der Waals surface area contributed by atoms with Crippen LogP contribution < -0.4 is 5.32 Å². The van der Waals surface area contributed by atoms with Crippen molar-refractivity contribution in [2.75, 3.05) is 7.05 Å². The zero-order valence-corrected chi connectivity index (χ0v) is 14.6. The van der Waals surface area contributed by atoms with Gasteiger partial charge < -0.3 is 4.42 Å². The van der Waals surface area contributed by atoms with Gasteiger partial charge >= 0.3 is 6.03 Å². The van der Waals surface area contributed by atoms with Crippen LogP contribution in [0.5, 0.6) is 0 Å².